The van der Waals surface area contributed by atoms with Crippen molar-refractivity contribution in [2.45, 2.75) is 0 Å². The topological polar surface area (TPSA) is 15.7 Å². The van der Waals surface area contributed by atoms with Gasteiger partial charge in [0.05, 0.1) is 5.69 Å². The lowest BCUT2D eigenvalue weighted by atomic mass is 9.30. The third-order valence-electron chi connectivity index (χ3n) is 11.9. The second-order valence-electron chi connectivity index (χ2n) is 14.8. The molecule has 9 aromatic carbocycles. The number of hydrogen-bond donors (Lipinski definition) is 0. The Morgan fingerprint density at radius 1 is 0.364 bits per heavy atom. The third kappa shape index (κ3) is 4.41. The van der Waals surface area contributed by atoms with Crippen molar-refractivity contribution in [2.75, 3.05) is 9.80 Å². The average molecular weight is 698 g/mol. The molecule has 9 aromatic rings. The highest BCUT2D eigenvalue weighted by molar-refractivity contribution is 7.03. The molecule has 0 aliphatic carbocycles. The van der Waals surface area contributed by atoms with E-state index >= 15 is 0 Å². The second kappa shape index (κ2) is 11.8. The zero-order chi connectivity index (χ0) is 36.0. The minimum Gasteiger partial charge on any atom is -0.458 e. The molecule has 12 rings (SSSR count). The first-order valence-electron chi connectivity index (χ1n) is 19.1. The summed E-state index contributed by atoms with van der Waals surface area (Å²) in [4.78, 5) is 5.03. The van der Waals surface area contributed by atoms with E-state index in [-0.39, 0.29) is 13.4 Å². The van der Waals surface area contributed by atoms with Crippen molar-refractivity contribution in [1.29, 1.82) is 0 Å². The Bertz CT molecular complexity index is 3000. The van der Waals surface area contributed by atoms with Crippen LogP contribution in [0.25, 0.3) is 21.5 Å². The van der Waals surface area contributed by atoms with Crippen LogP contribution >= 0.6 is 0 Å². The van der Waals surface area contributed by atoms with Gasteiger partial charge in [0.15, 0.2) is 0 Å². The molecule has 3 aliphatic rings. The zero-order valence-electron chi connectivity index (χ0n) is 29.9. The lowest BCUT2D eigenvalue weighted by Gasteiger charge is -2.46. The molecule has 3 aliphatic heterocycles. The predicted molar refractivity (Wildman–Crippen MR) is 233 cm³/mol. The summed E-state index contributed by atoms with van der Waals surface area (Å²) in [5.41, 5.74) is 14.4. The number of nitrogens with zero attached hydrogens (tertiary/aromatic N) is 2. The van der Waals surface area contributed by atoms with Gasteiger partial charge in [-0.2, -0.15) is 0 Å². The standard InChI is InChI=1S/C50H32B2N2O/c1-3-19-36(20-4-1)51-39-23-9-13-27-44(39)54(42-28-15-18-35-30-33-16-7-8-17-34(33)31-38(35)42)45-32-47-49-50(48(45)51)53(37-21-5-2-6-22-37)43-26-12-10-24-40(43)52(49)41-25-11-14-29-46(41)55-47/h1-32H. The Hall–Kier alpha value is -6.97. The summed E-state index contributed by atoms with van der Waals surface area (Å²) in [6, 6.07) is 71.0. The Balaban J connectivity index is 1.26. The molecule has 0 N–H and O–H groups in total. The van der Waals surface area contributed by atoms with Gasteiger partial charge in [-0.25, -0.2) is 0 Å². The molecular formula is C50H32B2N2O. The van der Waals surface area contributed by atoms with Crippen molar-refractivity contribution >= 4 is 102 Å². The highest BCUT2D eigenvalue weighted by atomic mass is 16.5. The first kappa shape index (κ1) is 30.5. The average Bonchev–Trinajstić information content (AvgIpc) is 3.25. The van der Waals surface area contributed by atoms with Gasteiger partial charge in [0.2, 0.25) is 6.71 Å². The number of rotatable bonds is 3. The van der Waals surface area contributed by atoms with Crippen LogP contribution in [0.3, 0.4) is 0 Å². The first-order chi connectivity index (χ1) is 27.3. The van der Waals surface area contributed by atoms with Gasteiger partial charge in [0, 0.05) is 39.9 Å². The summed E-state index contributed by atoms with van der Waals surface area (Å²) in [6.45, 7) is -0.0450. The van der Waals surface area contributed by atoms with Crippen molar-refractivity contribution in [3.63, 3.8) is 0 Å². The number of ether oxygens (including phenoxy) is 1. The fraction of sp³-hybridized carbons (Fsp3) is 0. The summed E-state index contributed by atoms with van der Waals surface area (Å²) in [5, 5.41) is 4.89. The fourth-order valence-corrected chi connectivity index (χ4v) is 9.66. The molecule has 0 amide bonds. The molecule has 0 radical (unpaired) electrons. The lowest BCUT2D eigenvalue weighted by molar-refractivity contribution is 0.488. The molecule has 0 unspecified atom stereocenters. The molecule has 0 spiro atoms. The van der Waals surface area contributed by atoms with Gasteiger partial charge >= 0.3 is 0 Å². The van der Waals surface area contributed by atoms with Gasteiger partial charge in [0.25, 0.3) is 6.71 Å². The van der Waals surface area contributed by atoms with Crippen molar-refractivity contribution in [1.82, 2.24) is 0 Å². The molecule has 3 heterocycles. The van der Waals surface area contributed by atoms with E-state index in [4.69, 9.17) is 4.74 Å². The summed E-state index contributed by atoms with van der Waals surface area (Å²) >= 11 is 0. The SMILES string of the molecule is c1ccc(B2c3ccccc3N(c3cccc4cc5ccccc5cc34)c3cc4c5c(c32)N(c2ccccc2)c2ccccc2B5c2ccccc2O4)cc1. The predicted octanol–water partition coefficient (Wildman–Crippen LogP) is 8.70. The Labute approximate surface area is 320 Å². The maximum Gasteiger partial charge on any atom is 0.256 e. The quantitative estimate of drug-likeness (QED) is 0.136. The minimum atomic E-state index is -0.0472. The third-order valence-corrected chi connectivity index (χ3v) is 11.9. The van der Waals surface area contributed by atoms with E-state index in [0.29, 0.717) is 0 Å². The van der Waals surface area contributed by atoms with E-state index in [1.165, 1.54) is 71.4 Å². The van der Waals surface area contributed by atoms with E-state index in [2.05, 4.69) is 204 Å². The molecule has 0 fully saturated rings. The van der Waals surface area contributed by atoms with Crippen LogP contribution in [0.15, 0.2) is 194 Å². The molecule has 254 valence electrons. The number of fused-ring (bicyclic) bond motifs is 9. The zero-order valence-corrected chi connectivity index (χ0v) is 29.9. The lowest BCUT2D eigenvalue weighted by Crippen LogP contribution is -2.65. The van der Waals surface area contributed by atoms with Gasteiger partial charge in [-0.15, -0.1) is 0 Å². The summed E-state index contributed by atoms with van der Waals surface area (Å²) < 4.78 is 7.09. The van der Waals surface area contributed by atoms with Crippen LogP contribution < -0.4 is 47.3 Å². The van der Waals surface area contributed by atoms with Gasteiger partial charge in [-0.3, -0.25) is 0 Å². The van der Waals surface area contributed by atoms with Crippen LogP contribution in [0, 0.1) is 0 Å². The number of benzene rings is 9. The summed E-state index contributed by atoms with van der Waals surface area (Å²) in [5.74, 6) is 1.81. The van der Waals surface area contributed by atoms with Crippen molar-refractivity contribution < 1.29 is 4.74 Å². The van der Waals surface area contributed by atoms with Gasteiger partial charge in [0.1, 0.15) is 11.5 Å². The largest absolute Gasteiger partial charge is 0.458 e. The van der Waals surface area contributed by atoms with Crippen LogP contribution in [0.5, 0.6) is 11.5 Å². The molecule has 0 bridgehead atoms. The number of hydrogen-bond acceptors (Lipinski definition) is 3. The molecule has 3 nitrogen and oxygen atoms in total. The maximum atomic E-state index is 7.09. The van der Waals surface area contributed by atoms with Crippen molar-refractivity contribution in [3.8, 4) is 11.5 Å². The van der Waals surface area contributed by atoms with E-state index in [1.807, 2.05) is 0 Å². The normalized spacial score (nSPS) is 13.5. The summed E-state index contributed by atoms with van der Waals surface area (Å²) in [7, 11) is 0. The maximum absolute atomic E-state index is 7.09. The first-order valence-corrected chi connectivity index (χ1v) is 19.1. The molecular weight excluding hydrogens is 666 g/mol. The van der Waals surface area contributed by atoms with Crippen LogP contribution in [-0.4, -0.2) is 13.4 Å². The highest BCUT2D eigenvalue weighted by Gasteiger charge is 2.47. The number of para-hydroxylation sites is 4. The van der Waals surface area contributed by atoms with Crippen molar-refractivity contribution in [2.24, 2.45) is 0 Å². The van der Waals surface area contributed by atoms with Crippen LogP contribution in [0.1, 0.15) is 0 Å². The van der Waals surface area contributed by atoms with E-state index in [1.54, 1.807) is 0 Å². The van der Waals surface area contributed by atoms with E-state index in [0.717, 1.165) is 28.6 Å². The highest BCUT2D eigenvalue weighted by Crippen LogP contribution is 2.47. The number of anilines is 6. The Morgan fingerprint density at radius 3 is 1.73 bits per heavy atom. The van der Waals surface area contributed by atoms with Gasteiger partial charge in [-0.1, -0.05) is 145 Å². The fourth-order valence-electron chi connectivity index (χ4n) is 9.66. The van der Waals surface area contributed by atoms with Crippen molar-refractivity contribution in [3.05, 3.63) is 194 Å². The smallest absolute Gasteiger partial charge is 0.256 e. The Kier molecular flexibility index (Phi) is 6.52. The summed E-state index contributed by atoms with van der Waals surface area (Å²) in [6.07, 6.45) is 0. The molecule has 0 saturated carbocycles. The van der Waals surface area contributed by atoms with Gasteiger partial charge in [-0.05, 0) is 92.0 Å². The van der Waals surface area contributed by atoms with Crippen LogP contribution in [0.4, 0.5) is 34.1 Å². The second-order valence-corrected chi connectivity index (χ2v) is 14.8. The van der Waals surface area contributed by atoms with Crippen LogP contribution in [-0.2, 0) is 0 Å². The monoisotopic (exact) mass is 698 g/mol. The molecule has 5 heteroatoms. The molecule has 55 heavy (non-hydrogen) atoms. The molecule has 0 saturated heterocycles. The molecule has 0 atom stereocenters. The van der Waals surface area contributed by atoms with Crippen LogP contribution in [0.2, 0.25) is 0 Å². The van der Waals surface area contributed by atoms with E-state index in [9.17, 15) is 0 Å². The van der Waals surface area contributed by atoms with Gasteiger partial charge < -0.3 is 14.5 Å². The molecule has 0 aromatic heterocycles. The Morgan fingerprint density at radius 2 is 0.945 bits per heavy atom. The van der Waals surface area contributed by atoms with E-state index < -0.39 is 0 Å². The minimum absolute atomic E-state index is 0.00220.